The first-order valence-electron chi connectivity index (χ1n) is 8.66. The van der Waals surface area contributed by atoms with Gasteiger partial charge in [0.25, 0.3) is 5.91 Å². The summed E-state index contributed by atoms with van der Waals surface area (Å²) in [6, 6.07) is 14.7. The average molecular weight is 430 g/mol. The predicted molar refractivity (Wildman–Crippen MR) is 107 cm³/mol. The van der Waals surface area contributed by atoms with Gasteiger partial charge in [0.2, 0.25) is 0 Å². The number of benzene rings is 3. The lowest BCUT2D eigenvalue weighted by molar-refractivity contribution is -0.119. The van der Waals surface area contributed by atoms with Gasteiger partial charge in [0.05, 0.1) is 11.3 Å². The summed E-state index contributed by atoms with van der Waals surface area (Å²) in [5.41, 5.74) is -0.0167. The van der Waals surface area contributed by atoms with Gasteiger partial charge in [0.1, 0.15) is 11.6 Å². The molecule has 0 aromatic heterocycles. The highest BCUT2D eigenvalue weighted by Crippen LogP contribution is 2.18. The SMILES string of the molecule is O=C(COC(=O)c1ccccc1C(=O)c1ccc(Cl)cc1)Nc1cc(F)ccc1F. The van der Waals surface area contributed by atoms with E-state index in [0.717, 1.165) is 18.2 Å². The zero-order valence-electron chi connectivity index (χ0n) is 15.3. The molecule has 3 aromatic rings. The molecule has 0 saturated heterocycles. The average Bonchev–Trinajstić information content (AvgIpc) is 2.74. The molecule has 0 unspecified atom stereocenters. The highest BCUT2D eigenvalue weighted by atomic mass is 35.5. The summed E-state index contributed by atoms with van der Waals surface area (Å²) in [7, 11) is 0. The van der Waals surface area contributed by atoms with Crippen molar-refractivity contribution in [2.45, 2.75) is 0 Å². The minimum atomic E-state index is -0.914. The maximum Gasteiger partial charge on any atom is 0.339 e. The molecule has 3 rings (SSSR count). The van der Waals surface area contributed by atoms with Crippen LogP contribution in [0.2, 0.25) is 5.02 Å². The van der Waals surface area contributed by atoms with Crippen LogP contribution in [0.25, 0.3) is 0 Å². The molecule has 0 aliphatic heterocycles. The molecule has 0 bridgehead atoms. The fourth-order valence-electron chi connectivity index (χ4n) is 2.60. The number of ether oxygens (including phenoxy) is 1. The molecule has 0 atom stereocenters. The van der Waals surface area contributed by atoms with Gasteiger partial charge in [-0.2, -0.15) is 0 Å². The third-order valence-corrected chi connectivity index (χ3v) is 4.29. The van der Waals surface area contributed by atoms with Crippen LogP contribution < -0.4 is 5.32 Å². The molecule has 8 heteroatoms. The van der Waals surface area contributed by atoms with Gasteiger partial charge in [0, 0.05) is 22.2 Å². The second-order valence-corrected chi connectivity index (χ2v) is 6.57. The van der Waals surface area contributed by atoms with Crippen molar-refractivity contribution in [3.63, 3.8) is 0 Å². The minimum Gasteiger partial charge on any atom is -0.452 e. The van der Waals surface area contributed by atoms with Crippen molar-refractivity contribution in [2.24, 2.45) is 0 Å². The van der Waals surface area contributed by atoms with Crippen LogP contribution in [-0.2, 0) is 9.53 Å². The standard InChI is InChI=1S/C22H14ClF2NO4/c23-14-7-5-13(6-8-14)21(28)16-3-1-2-4-17(16)22(29)30-12-20(27)26-19-11-15(24)9-10-18(19)25/h1-11H,12H2,(H,26,27). The van der Waals surface area contributed by atoms with Gasteiger partial charge < -0.3 is 10.1 Å². The number of ketones is 1. The number of hydrogen-bond acceptors (Lipinski definition) is 4. The number of halogens is 3. The van der Waals surface area contributed by atoms with Crippen LogP contribution in [-0.4, -0.2) is 24.3 Å². The number of nitrogens with one attached hydrogen (secondary N) is 1. The second-order valence-electron chi connectivity index (χ2n) is 6.13. The van der Waals surface area contributed by atoms with Crippen molar-refractivity contribution in [1.29, 1.82) is 0 Å². The van der Waals surface area contributed by atoms with Gasteiger partial charge in [-0.15, -0.1) is 0 Å². The molecule has 5 nitrogen and oxygen atoms in total. The Labute approximate surface area is 175 Å². The number of anilines is 1. The van der Waals surface area contributed by atoms with Gasteiger partial charge in [-0.05, 0) is 42.5 Å². The quantitative estimate of drug-likeness (QED) is 0.457. The number of rotatable bonds is 6. The second kappa shape index (κ2) is 9.28. The van der Waals surface area contributed by atoms with Crippen molar-refractivity contribution in [1.82, 2.24) is 0 Å². The van der Waals surface area contributed by atoms with Crippen LogP contribution in [0.5, 0.6) is 0 Å². The van der Waals surface area contributed by atoms with Crippen molar-refractivity contribution < 1.29 is 27.9 Å². The lowest BCUT2D eigenvalue weighted by Gasteiger charge is -2.10. The number of carbonyl (C=O) groups excluding carboxylic acids is 3. The van der Waals surface area contributed by atoms with E-state index >= 15 is 0 Å². The first-order valence-corrected chi connectivity index (χ1v) is 9.04. The van der Waals surface area contributed by atoms with Gasteiger partial charge in [-0.25, -0.2) is 13.6 Å². The predicted octanol–water partition coefficient (Wildman–Crippen LogP) is 4.64. The van der Waals surface area contributed by atoms with Crippen LogP contribution in [0.3, 0.4) is 0 Å². The van der Waals surface area contributed by atoms with E-state index in [-0.39, 0.29) is 16.8 Å². The Hall–Kier alpha value is -3.58. The molecular weight excluding hydrogens is 416 g/mol. The lowest BCUT2D eigenvalue weighted by atomic mass is 9.98. The largest absolute Gasteiger partial charge is 0.452 e. The molecule has 0 aliphatic rings. The van der Waals surface area contributed by atoms with Gasteiger partial charge in [-0.1, -0.05) is 29.8 Å². The normalized spacial score (nSPS) is 10.4. The molecule has 1 N–H and O–H groups in total. The van der Waals surface area contributed by atoms with Crippen LogP contribution in [0, 0.1) is 11.6 Å². The Morgan fingerprint density at radius 2 is 1.57 bits per heavy atom. The zero-order valence-corrected chi connectivity index (χ0v) is 16.1. The number of esters is 1. The molecule has 152 valence electrons. The third-order valence-electron chi connectivity index (χ3n) is 4.03. The third kappa shape index (κ3) is 5.07. The zero-order chi connectivity index (χ0) is 21.7. The molecule has 1 amide bonds. The number of hydrogen-bond donors (Lipinski definition) is 1. The summed E-state index contributed by atoms with van der Waals surface area (Å²) in [6.45, 7) is -0.752. The van der Waals surface area contributed by atoms with E-state index in [1.54, 1.807) is 18.2 Å². The molecule has 0 radical (unpaired) electrons. The summed E-state index contributed by atoms with van der Waals surface area (Å²) < 4.78 is 31.7. The fraction of sp³-hybridized carbons (Fsp3) is 0.0455. The van der Waals surface area contributed by atoms with Gasteiger partial charge in [-0.3, -0.25) is 9.59 Å². The Bertz CT molecular complexity index is 1120. The summed E-state index contributed by atoms with van der Waals surface area (Å²) in [6.07, 6.45) is 0. The van der Waals surface area contributed by atoms with Gasteiger partial charge in [0.15, 0.2) is 12.4 Å². The number of carbonyl (C=O) groups is 3. The maximum absolute atomic E-state index is 13.6. The molecule has 3 aromatic carbocycles. The Morgan fingerprint density at radius 1 is 0.900 bits per heavy atom. The topological polar surface area (TPSA) is 72.5 Å². The molecular formula is C22H14ClF2NO4. The minimum absolute atomic E-state index is 0.0396. The maximum atomic E-state index is 13.6. The summed E-state index contributed by atoms with van der Waals surface area (Å²) in [5, 5.41) is 2.57. The van der Waals surface area contributed by atoms with Crippen LogP contribution in [0.4, 0.5) is 14.5 Å². The van der Waals surface area contributed by atoms with Crippen molar-refractivity contribution >= 4 is 34.9 Å². The molecule has 0 aliphatic carbocycles. The van der Waals surface area contributed by atoms with E-state index in [9.17, 15) is 23.2 Å². The molecule has 0 saturated carbocycles. The summed E-state index contributed by atoms with van der Waals surface area (Å²) in [4.78, 5) is 37.1. The Balaban J connectivity index is 1.70. The van der Waals surface area contributed by atoms with E-state index in [0.29, 0.717) is 10.6 Å². The first-order chi connectivity index (χ1) is 14.3. The van der Waals surface area contributed by atoms with Crippen molar-refractivity contribution in [3.05, 3.63) is 100 Å². The van der Waals surface area contributed by atoms with Crippen molar-refractivity contribution in [3.8, 4) is 0 Å². The van der Waals surface area contributed by atoms with E-state index in [4.69, 9.17) is 16.3 Å². The van der Waals surface area contributed by atoms with E-state index < -0.39 is 35.9 Å². The van der Waals surface area contributed by atoms with E-state index in [2.05, 4.69) is 5.32 Å². The van der Waals surface area contributed by atoms with Crippen LogP contribution in [0.15, 0.2) is 66.7 Å². The number of amides is 1. The monoisotopic (exact) mass is 429 g/mol. The lowest BCUT2D eigenvalue weighted by Crippen LogP contribution is -2.22. The van der Waals surface area contributed by atoms with E-state index in [1.807, 2.05) is 0 Å². The first kappa shape index (κ1) is 21.1. The fourth-order valence-corrected chi connectivity index (χ4v) is 2.73. The van der Waals surface area contributed by atoms with Crippen LogP contribution in [0.1, 0.15) is 26.3 Å². The van der Waals surface area contributed by atoms with Crippen molar-refractivity contribution in [2.75, 3.05) is 11.9 Å². The smallest absolute Gasteiger partial charge is 0.339 e. The molecule has 0 heterocycles. The summed E-state index contributed by atoms with van der Waals surface area (Å²) in [5.74, 6) is -3.78. The Kier molecular flexibility index (Phi) is 6.54. The molecule has 0 fully saturated rings. The highest BCUT2D eigenvalue weighted by molar-refractivity contribution is 6.30. The highest BCUT2D eigenvalue weighted by Gasteiger charge is 2.20. The Morgan fingerprint density at radius 3 is 2.27 bits per heavy atom. The van der Waals surface area contributed by atoms with Crippen LogP contribution >= 0.6 is 11.6 Å². The van der Waals surface area contributed by atoms with Gasteiger partial charge >= 0.3 is 5.97 Å². The summed E-state index contributed by atoms with van der Waals surface area (Å²) >= 11 is 5.82. The molecule has 0 spiro atoms. The molecule has 30 heavy (non-hydrogen) atoms. The van der Waals surface area contributed by atoms with E-state index in [1.165, 1.54) is 30.3 Å².